The van der Waals surface area contributed by atoms with E-state index >= 15 is 0 Å². The molecule has 1 amide bonds. The molecule has 142 valence electrons. The van der Waals surface area contributed by atoms with Crippen LogP contribution in [0.25, 0.3) is 11.3 Å². The van der Waals surface area contributed by atoms with Crippen molar-refractivity contribution in [3.8, 4) is 11.3 Å². The summed E-state index contributed by atoms with van der Waals surface area (Å²) < 4.78 is 5.59. The Labute approximate surface area is 160 Å². The number of amides is 1. The second kappa shape index (κ2) is 8.48. The second-order valence-corrected chi connectivity index (χ2v) is 7.29. The van der Waals surface area contributed by atoms with Gasteiger partial charge in [0.1, 0.15) is 12.1 Å². The summed E-state index contributed by atoms with van der Waals surface area (Å²) in [5, 5.41) is 3.08. The molecule has 0 aliphatic carbocycles. The minimum Gasteiger partial charge on any atom is -0.376 e. The Morgan fingerprint density at radius 2 is 2.07 bits per heavy atom. The van der Waals surface area contributed by atoms with E-state index in [1.165, 1.54) is 0 Å². The standard InChI is InChI=1S/C21H26N4O2/c26-21(22-13-18-9-5-11-27-18)17-8-4-10-25(14-17)20-12-19(23-15-24-20)16-6-2-1-3-7-16/h1-3,6-7,12,15,17-18H,4-5,8-11,13-14H2,(H,22,26). The highest BCUT2D eigenvalue weighted by Gasteiger charge is 2.27. The van der Waals surface area contributed by atoms with Gasteiger partial charge in [0.2, 0.25) is 5.91 Å². The molecule has 2 saturated heterocycles. The molecule has 2 aromatic rings. The third kappa shape index (κ3) is 4.45. The van der Waals surface area contributed by atoms with Crippen molar-refractivity contribution < 1.29 is 9.53 Å². The monoisotopic (exact) mass is 366 g/mol. The SMILES string of the molecule is O=C(NCC1CCCO1)C1CCCN(c2cc(-c3ccccc3)ncn2)C1. The zero-order valence-corrected chi connectivity index (χ0v) is 15.5. The number of carbonyl (C=O) groups excluding carboxylic acids is 1. The minimum absolute atomic E-state index is 0.00436. The summed E-state index contributed by atoms with van der Waals surface area (Å²) in [5.74, 6) is 1.02. The van der Waals surface area contributed by atoms with Gasteiger partial charge >= 0.3 is 0 Å². The highest BCUT2D eigenvalue weighted by Crippen LogP contribution is 2.25. The number of aromatic nitrogens is 2. The quantitative estimate of drug-likeness (QED) is 0.881. The maximum atomic E-state index is 12.6. The lowest BCUT2D eigenvalue weighted by Crippen LogP contribution is -2.45. The van der Waals surface area contributed by atoms with Crippen LogP contribution in [0.15, 0.2) is 42.7 Å². The van der Waals surface area contributed by atoms with Crippen LogP contribution in [0.5, 0.6) is 0 Å². The molecule has 3 heterocycles. The van der Waals surface area contributed by atoms with Gasteiger partial charge in [0, 0.05) is 37.9 Å². The Morgan fingerprint density at radius 3 is 2.89 bits per heavy atom. The first-order valence-corrected chi connectivity index (χ1v) is 9.81. The van der Waals surface area contributed by atoms with Crippen LogP contribution in [0.4, 0.5) is 5.82 Å². The van der Waals surface area contributed by atoms with Crippen LogP contribution in [0, 0.1) is 5.92 Å². The molecule has 2 fully saturated rings. The molecular weight excluding hydrogens is 340 g/mol. The molecule has 0 saturated carbocycles. The fourth-order valence-electron chi connectivity index (χ4n) is 3.85. The van der Waals surface area contributed by atoms with Gasteiger partial charge in [0.15, 0.2) is 0 Å². The molecule has 2 aliphatic rings. The third-order valence-electron chi connectivity index (χ3n) is 5.37. The first-order chi connectivity index (χ1) is 13.3. The average Bonchev–Trinajstić information content (AvgIpc) is 3.26. The molecule has 4 rings (SSSR count). The molecule has 1 aromatic heterocycles. The summed E-state index contributed by atoms with van der Waals surface area (Å²) in [4.78, 5) is 23.7. The minimum atomic E-state index is -0.00436. The summed E-state index contributed by atoms with van der Waals surface area (Å²) in [6, 6.07) is 12.1. The lowest BCUT2D eigenvalue weighted by Gasteiger charge is -2.33. The highest BCUT2D eigenvalue weighted by atomic mass is 16.5. The fraction of sp³-hybridized carbons (Fsp3) is 0.476. The lowest BCUT2D eigenvalue weighted by molar-refractivity contribution is -0.125. The molecule has 6 heteroatoms. The number of hydrogen-bond acceptors (Lipinski definition) is 5. The van der Waals surface area contributed by atoms with Gasteiger partial charge in [-0.05, 0) is 25.7 Å². The van der Waals surface area contributed by atoms with Gasteiger partial charge in [-0.1, -0.05) is 30.3 Å². The fourth-order valence-corrected chi connectivity index (χ4v) is 3.85. The predicted molar refractivity (Wildman–Crippen MR) is 104 cm³/mol. The van der Waals surface area contributed by atoms with Gasteiger partial charge in [-0.15, -0.1) is 0 Å². The van der Waals surface area contributed by atoms with Gasteiger partial charge < -0.3 is 15.0 Å². The van der Waals surface area contributed by atoms with Crippen LogP contribution in [0.2, 0.25) is 0 Å². The van der Waals surface area contributed by atoms with Gasteiger partial charge in [-0.25, -0.2) is 9.97 Å². The van der Waals surface area contributed by atoms with Crippen LogP contribution < -0.4 is 10.2 Å². The Balaban J connectivity index is 1.40. The number of hydrogen-bond donors (Lipinski definition) is 1. The Hall–Kier alpha value is -2.47. The molecule has 1 aromatic carbocycles. The molecule has 2 aliphatic heterocycles. The molecule has 0 bridgehead atoms. The first kappa shape index (κ1) is 17.9. The van der Waals surface area contributed by atoms with Gasteiger partial charge in [-0.3, -0.25) is 4.79 Å². The molecule has 1 N–H and O–H groups in total. The average molecular weight is 366 g/mol. The summed E-state index contributed by atoms with van der Waals surface area (Å²) in [5.41, 5.74) is 1.98. The normalized spacial score (nSPS) is 22.6. The summed E-state index contributed by atoms with van der Waals surface area (Å²) >= 11 is 0. The number of piperidine rings is 1. The predicted octanol–water partition coefficient (Wildman–Crippen LogP) is 2.66. The molecule has 27 heavy (non-hydrogen) atoms. The van der Waals surface area contributed by atoms with E-state index < -0.39 is 0 Å². The summed E-state index contributed by atoms with van der Waals surface area (Å²) in [7, 11) is 0. The van der Waals surface area contributed by atoms with Crippen molar-refractivity contribution >= 4 is 11.7 Å². The van der Waals surface area contributed by atoms with Crippen molar-refractivity contribution in [1.82, 2.24) is 15.3 Å². The van der Waals surface area contributed by atoms with Crippen molar-refractivity contribution in [3.63, 3.8) is 0 Å². The third-order valence-corrected chi connectivity index (χ3v) is 5.37. The summed E-state index contributed by atoms with van der Waals surface area (Å²) in [6.45, 7) is 3.06. The molecule has 6 nitrogen and oxygen atoms in total. The van der Waals surface area contributed by atoms with E-state index in [4.69, 9.17) is 4.74 Å². The molecule has 0 radical (unpaired) electrons. The van der Waals surface area contributed by atoms with E-state index in [2.05, 4.69) is 20.2 Å². The first-order valence-electron chi connectivity index (χ1n) is 9.81. The van der Waals surface area contributed by atoms with E-state index in [1.54, 1.807) is 6.33 Å². The number of ether oxygens (including phenoxy) is 1. The van der Waals surface area contributed by atoms with E-state index in [-0.39, 0.29) is 17.9 Å². The molecule has 2 atom stereocenters. The Kier molecular flexibility index (Phi) is 5.63. The second-order valence-electron chi connectivity index (χ2n) is 7.29. The van der Waals surface area contributed by atoms with Crippen molar-refractivity contribution in [2.24, 2.45) is 5.92 Å². The summed E-state index contributed by atoms with van der Waals surface area (Å²) in [6.07, 6.45) is 5.84. The zero-order chi connectivity index (χ0) is 18.5. The smallest absolute Gasteiger partial charge is 0.224 e. The lowest BCUT2D eigenvalue weighted by atomic mass is 9.97. The van der Waals surface area contributed by atoms with Crippen molar-refractivity contribution in [2.75, 3.05) is 31.1 Å². The van der Waals surface area contributed by atoms with E-state index in [0.29, 0.717) is 13.1 Å². The van der Waals surface area contributed by atoms with Crippen molar-refractivity contribution in [3.05, 3.63) is 42.7 Å². The number of rotatable bonds is 5. The van der Waals surface area contributed by atoms with Crippen LogP contribution in [-0.2, 0) is 9.53 Å². The van der Waals surface area contributed by atoms with Gasteiger partial charge in [-0.2, -0.15) is 0 Å². The zero-order valence-electron chi connectivity index (χ0n) is 15.5. The highest BCUT2D eigenvalue weighted by molar-refractivity contribution is 5.79. The molecule has 2 unspecified atom stereocenters. The van der Waals surface area contributed by atoms with Gasteiger partial charge in [0.25, 0.3) is 0 Å². The number of benzene rings is 1. The Morgan fingerprint density at radius 1 is 1.19 bits per heavy atom. The number of nitrogens with zero attached hydrogens (tertiary/aromatic N) is 3. The maximum Gasteiger partial charge on any atom is 0.224 e. The number of anilines is 1. The van der Waals surface area contributed by atoms with E-state index in [0.717, 1.165) is 55.9 Å². The van der Waals surface area contributed by atoms with Crippen LogP contribution in [0.3, 0.4) is 0 Å². The van der Waals surface area contributed by atoms with E-state index in [1.807, 2.05) is 36.4 Å². The molecular formula is C21H26N4O2. The molecule has 0 spiro atoms. The number of nitrogens with one attached hydrogen (secondary N) is 1. The largest absolute Gasteiger partial charge is 0.376 e. The topological polar surface area (TPSA) is 67.3 Å². The van der Waals surface area contributed by atoms with E-state index in [9.17, 15) is 4.79 Å². The Bertz CT molecular complexity index is 762. The van der Waals surface area contributed by atoms with Crippen molar-refractivity contribution in [2.45, 2.75) is 31.8 Å². The van der Waals surface area contributed by atoms with Crippen LogP contribution >= 0.6 is 0 Å². The van der Waals surface area contributed by atoms with Crippen LogP contribution in [0.1, 0.15) is 25.7 Å². The van der Waals surface area contributed by atoms with Crippen molar-refractivity contribution in [1.29, 1.82) is 0 Å². The number of carbonyl (C=O) groups is 1. The van der Waals surface area contributed by atoms with Crippen LogP contribution in [-0.4, -0.2) is 48.2 Å². The van der Waals surface area contributed by atoms with Gasteiger partial charge in [0.05, 0.1) is 17.7 Å². The maximum absolute atomic E-state index is 12.6.